The SMILES string of the molecule is Cl/C=C\c1ccccc1CNc1ccccc1. The van der Waals surface area contributed by atoms with Crippen molar-refractivity contribution in [2.45, 2.75) is 6.54 Å². The van der Waals surface area contributed by atoms with Crippen LogP contribution in [0.5, 0.6) is 0 Å². The first kappa shape index (κ1) is 11.7. The predicted molar refractivity (Wildman–Crippen MR) is 75.1 cm³/mol. The Kier molecular flexibility index (Phi) is 4.23. The van der Waals surface area contributed by atoms with Gasteiger partial charge in [0.15, 0.2) is 0 Å². The van der Waals surface area contributed by atoms with Crippen molar-refractivity contribution in [2.24, 2.45) is 0 Å². The molecule has 0 aliphatic rings. The van der Waals surface area contributed by atoms with Crippen molar-refractivity contribution in [3.05, 3.63) is 71.3 Å². The molecule has 0 aliphatic heterocycles. The van der Waals surface area contributed by atoms with Crippen molar-refractivity contribution in [3.8, 4) is 0 Å². The van der Waals surface area contributed by atoms with Crippen molar-refractivity contribution in [2.75, 3.05) is 5.32 Å². The van der Waals surface area contributed by atoms with Crippen molar-refractivity contribution in [1.82, 2.24) is 0 Å². The molecule has 0 spiro atoms. The Hall–Kier alpha value is -1.73. The Labute approximate surface area is 107 Å². The Morgan fingerprint density at radius 1 is 0.941 bits per heavy atom. The summed E-state index contributed by atoms with van der Waals surface area (Å²) in [6, 6.07) is 18.4. The van der Waals surface area contributed by atoms with E-state index in [0.29, 0.717) is 0 Å². The Morgan fingerprint density at radius 3 is 2.41 bits per heavy atom. The monoisotopic (exact) mass is 243 g/mol. The number of anilines is 1. The maximum Gasteiger partial charge on any atom is 0.0406 e. The lowest BCUT2D eigenvalue weighted by atomic mass is 10.1. The lowest BCUT2D eigenvalue weighted by molar-refractivity contribution is 1.14. The number of nitrogens with one attached hydrogen (secondary N) is 1. The van der Waals surface area contributed by atoms with Crippen LogP contribution in [0.2, 0.25) is 0 Å². The molecule has 0 fully saturated rings. The van der Waals surface area contributed by atoms with Crippen LogP contribution in [0.25, 0.3) is 6.08 Å². The van der Waals surface area contributed by atoms with Crippen molar-refractivity contribution >= 4 is 23.4 Å². The van der Waals surface area contributed by atoms with Crippen molar-refractivity contribution in [3.63, 3.8) is 0 Å². The number of halogens is 1. The summed E-state index contributed by atoms with van der Waals surface area (Å²) >= 11 is 5.62. The highest BCUT2D eigenvalue weighted by Crippen LogP contribution is 2.14. The van der Waals surface area contributed by atoms with Gasteiger partial charge in [-0.25, -0.2) is 0 Å². The molecule has 2 aromatic carbocycles. The van der Waals surface area contributed by atoms with E-state index in [-0.39, 0.29) is 0 Å². The second-order valence-corrected chi connectivity index (χ2v) is 3.96. The Balaban J connectivity index is 2.09. The fourth-order valence-electron chi connectivity index (χ4n) is 1.68. The van der Waals surface area contributed by atoms with Gasteiger partial charge in [-0.2, -0.15) is 0 Å². The Bertz CT molecular complexity index is 491. The fraction of sp³-hybridized carbons (Fsp3) is 0.0667. The van der Waals surface area contributed by atoms with Crippen LogP contribution in [0.1, 0.15) is 11.1 Å². The smallest absolute Gasteiger partial charge is 0.0406 e. The van der Waals surface area contributed by atoms with Gasteiger partial charge in [-0.1, -0.05) is 54.1 Å². The van der Waals surface area contributed by atoms with E-state index in [9.17, 15) is 0 Å². The molecule has 0 heterocycles. The molecule has 0 aromatic heterocycles. The third-order valence-corrected chi connectivity index (χ3v) is 2.68. The fourth-order valence-corrected chi connectivity index (χ4v) is 1.81. The van der Waals surface area contributed by atoms with E-state index in [1.807, 2.05) is 36.4 Å². The summed E-state index contributed by atoms with van der Waals surface area (Å²) in [5.41, 5.74) is 5.04. The molecule has 0 unspecified atom stereocenters. The third kappa shape index (κ3) is 3.36. The van der Waals surface area contributed by atoms with Gasteiger partial charge in [0.05, 0.1) is 0 Å². The molecular weight excluding hydrogens is 230 g/mol. The average Bonchev–Trinajstić information content (AvgIpc) is 2.39. The molecule has 0 aliphatic carbocycles. The zero-order valence-corrected chi connectivity index (χ0v) is 10.2. The van der Waals surface area contributed by atoms with Crippen molar-refractivity contribution < 1.29 is 0 Å². The largest absolute Gasteiger partial charge is 0.381 e. The molecule has 1 N–H and O–H groups in total. The van der Waals surface area contributed by atoms with E-state index in [2.05, 4.69) is 29.6 Å². The predicted octanol–water partition coefficient (Wildman–Crippen LogP) is 4.51. The van der Waals surface area contributed by atoms with Crippen LogP contribution in [-0.2, 0) is 6.54 Å². The van der Waals surface area contributed by atoms with Crippen LogP contribution in [0.4, 0.5) is 5.69 Å². The van der Waals surface area contributed by atoms with E-state index in [0.717, 1.165) is 17.8 Å². The second-order valence-electron chi connectivity index (χ2n) is 3.71. The molecule has 86 valence electrons. The van der Waals surface area contributed by atoms with E-state index >= 15 is 0 Å². The summed E-state index contributed by atoms with van der Waals surface area (Å²) in [5, 5.41) is 3.38. The highest BCUT2D eigenvalue weighted by molar-refractivity contribution is 6.27. The molecule has 0 saturated carbocycles. The number of benzene rings is 2. The molecule has 2 rings (SSSR count). The minimum Gasteiger partial charge on any atom is -0.381 e. The molecule has 1 nitrogen and oxygen atoms in total. The van der Waals surface area contributed by atoms with Crippen molar-refractivity contribution in [1.29, 1.82) is 0 Å². The lowest BCUT2D eigenvalue weighted by Crippen LogP contribution is -2.00. The summed E-state index contributed by atoms with van der Waals surface area (Å²) in [6.45, 7) is 0.793. The van der Waals surface area contributed by atoms with Gasteiger partial charge in [-0.05, 0) is 29.3 Å². The van der Waals surface area contributed by atoms with Gasteiger partial charge in [-0.3, -0.25) is 0 Å². The first-order valence-electron chi connectivity index (χ1n) is 5.54. The molecule has 0 bridgehead atoms. The molecule has 2 heteroatoms. The topological polar surface area (TPSA) is 12.0 Å². The summed E-state index contributed by atoms with van der Waals surface area (Å²) in [6.07, 6.45) is 1.91. The summed E-state index contributed by atoms with van der Waals surface area (Å²) in [5.74, 6) is 0. The molecule has 0 atom stereocenters. The van der Waals surface area contributed by atoms with Gasteiger partial charge in [0.25, 0.3) is 0 Å². The third-order valence-electron chi connectivity index (χ3n) is 2.55. The summed E-state index contributed by atoms with van der Waals surface area (Å²) in [4.78, 5) is 0. The number of rotatable bonds is 4. The van der Waals surface area contributed by atoms with E-state index in [1.54, 1.807) is 5.54 Å². The van der Waals surface area contributed by atoms with E-state index < -0.39 is 0 Å². The van der Waals surface area contributed by atoms with Crippen LogP contribution in [-0.4, -0.2) is 0 Å². The number of para-hydroxylation sites is 1. The molecular formula is C15H14ClN. The number of hydrogen-bond acceptors (Lipinski definition) is 1. The lowest BCUT2D eigenvalue weighted by Gasteiger charge is -2.08. The maximum atomic E-state index is 5.62. The highest BCUT2D eigenvalue weighted by atomic mass is 35.5. The zero-order valence-electron chi connectivity index (χ0n) is 9.44. The van der Waals surface area contributed by atoms with Gasteiger partial charge in [0, 0.05) is 17.8 Å². The summed E-state index contributed by atoms with van der Waals surface area (Å²) in [7, 11) is 0. The normalized spacial score (nSPS) is 10.6. The highest BCUT2D eigenvalue weighted by Gasteiger charge is 1.98. The van der Waals surface area contributed by atoms with Gasteiger partial charge in [-0.15, -0.1) is 0 Å². The Morgan fingerprint density at radius 2 is 1.65 bits per heavy atom. The molecule has 0 saturated heterocycles. The van der Waals surface area contributed by atoms with Crippen LogP contribution < -0.4 is 5.32 Å². The van der Waals surface area contributed by atoms with Gasteiger partial charge in [0.2, 0.25) is 0 Å². The molecule has 0 amide bonds. The van der Waals surface area contributed by atoms with Crippen LogP contribution in [0, 0.1) is 0 Å². The van der Waals surface area contributed by atoms with Crippen LogP contribution >= 0.6 is 11.6 Å². The quantitative estimate of drug-likeness (QED) is 0.833. The molecule has 17 heavy (non-hydrogen) atoms. The van der Waals surface area contributed by atoms with Gasteiger partial charge in [0.1, 0.15) is 0 Å². The summed E-state index contributed by atoms with van der Waals surface area (Å²) < 4.78 is 0. The van der Waals surface area contributed by atoms with Crippen LogP contribution in [0.15, 0.2) is 60.1 Å². The minimum atomic E-state index is 0.793. The molecule has 0 radical (unpaired) electrons. The standard InChI is InChI=1S/C15H14ClN/c16-11-10-13-6-4-5-7-14(13)12-17-15-8-2-1-3-9-15/h1-11,17H,12H2/b11-10-. The van der Waals surface area contributed by atoms with Gasteiger partial charge >= 0.3 is 0 Å². The maximum absolute atomic E-state index is 5.62. The first-order valence-corrected chi connectivity index (χ1v) is 5.97. The molecule has 2 aromatic rings. The minimum absolute atomic E-state index is 0.793. The second kappa shape index (κ2) is 6.12. The first-order chi connectivity index (χ1) is 8.40. The zero-order chi connectivity index (χ0) is 11.9. The van der Waals surface area contributed by atoms with E-state index in [4.69, 9.17) is 11.6 Å². The van der Waals surface area contributed by atoms with Gasteiger partial charge < -0.3 is 5.32 Å². The van der Waals surface area contributed by atoms with E-state index in [1.165, 1.54) is 5.56 Å². The van der Waals surface area contributed by atoms with Crippen LogP contribution in [0.3, 0.4) is 0 Å². The average molecular weight is 244 g/mol. The number of hydrogen-bond donors (Lipinski definition) is 1.